The van der Waals surface area contributed by atoms with Gasteiger partial charge >= 0.3 is 0 Å². The molecule has 0 spiro atoms. The highest BCUT2D eigenvalue weighted by atomic mass is 35.5. The largest absolute Gasteiger partial charge is 0.396 e. The molecule has 0 aliphatic carbocycles. The van der Waals surface area contributed by atoms with Crippen LogP contribution in [0, 0.1) is 5.82 Å². The lowest BCUT2D eigenvalue weighted by molar-refractivity contribution is -0.105. The van der Waals surface area contributed by atoms with Gasteiger partial charge in [0.05, 0.1) is 11.6 Å². The molecule has 1 unspecified atom stereocenters. The van der Waals surface area contributed by atoms with E-state index in [1.165, 1.54) is 12.1 Å². The van der Waals surface area contributed by atoms with Crippen molar-refractivity contribution in [2.45, 2.75) is 12.7 Å². The zero-order valence-electron chi connectivity index (χ0n) is 7.99. The monoisotopic (exact) mass is 234 g/mol. The maximum absolute atomic E-state index is 12.8. The topological polar surface area (TPSA) is 49.7 Å². The first kappa shape index (κ1) is 12.4. The predicted molar refractivity (Wildman–Crippen MR) is 54.0 cm³/mol. The highest BCUT2D eigenvalue weighted by Crippen LogP contribution is 2.21. The molecule has 0 aromatic heterocycles. The van der Waals surface area contributed by atoms with Crippen molar-refractivity contribution in [1.82, 2.24) is 0 Å². The average molecular weight is 235 g/mol. The SMILES string of the molecule is OCCCOC(O)c1ccc(F)c(Cl)c1. The van der Waals surface area contributed by atoms with Crippen molar-refractivity contribution in [2.24, 2.45) is 0 Å². The Hall–Kier alpha value is -0.680. The second-order valence-corrected chi connectivity index (χ2v) is 3.38. The van der Waals surface area contributed by atoms with E-state index < -0.39 is 12.1 Å². The normalized spacial score (nSPS) is 12.8. The summed E-state index contributed by atoms with van der Waals surface area (Å²) in [6.45, 7) is 0.226. The molecule has 0 radical (unpaired) electrons. The maximum Gasteiger partial charge on any atom is 0.181 e. The molecular weight excluding hydrogens is 223 g/mol. The van der Waals surface area contributed by atoms with Crippen LogP contribution in [0.4, 0.5) is 4.39 Å². The minimum absolute atomic E-state index is 0.00308. The second kappa shape index (κ2) is 6.02. The van der Waals surface area contributed by atoms with Crippen LogP contribution in [0.5, 0.6) is 0 Å². The van der Waals surface area contributed by atoms with E-state index >= 15 is 0 Å². The third kappa shape index (κ3) is 3.76. The van der Waals surface area contributed by atoms with E-state index in [1.54, 1.807) is 0 Å². The van der Waals surface area contributed by atoms with Gasteiger partial charge in [-0.15, -0.1) is 0 Å². The minimum atomic E-state index is -1.14. The van der Waals surface area contributed by atoms with Crippen molar-refractivity contribution in [2.75, 3.05) is 13.2 Å². The Bertz CT molecular complexity index is 320. The molecule has 0 aliphatic rings. The summed E-state index contributed by atoms with van der Waals surface area (Å²) < 4.78 is 17.8. The molecule has 84 valence electrons. The first-order chi connectivity index (χ1) is 7.15. The Morgan fingerprint density at radius 2 is 2.20 bits per heavy atom. The smallest absolute Gasteiger partial charge is 0.181 e. The van der Waals surface area contributed by atoms with Gasteiger partial charge in [-0.3, -0.25) is 0 Å². The Morgan fingerprint density at radius 3 is 2.80 bits per heavy atom. The van der Waals surface area contributed by atoms with Gasteiger partial charge in [-0.1, -0.05) is 17.7 Å². The highest BCUT2D eigenvalue weighted by molar-refractivity contribution is 6.30. The van der Waals surface area contributed by atoms with E-state index in [0.29, 0.717) is 12.0 Å². The fraction of sp³-hybridized carbons (Fsp3) is 0.400. The van der Waals surface area contributed by atoms with Crippen LogP contribution in [0.1, 0.15) is 18.3 Å². The molecule has 15 heavy (non-hydrogen) atoms. The summed E-state index contributed by atoms with van der Waals surface area (Å²) in [6.07, 6.45) is -0.707. The standard InChI is InChI=1S/C10H12ClFO3/c11-8-6-7(2-3-9(8)12)10(14)15-5-1-4-13/h2-3,6,10,13-14H,1,4-5H2. The van der Waals surface area contributed by atoms with Gasteiger partial charge in [0.15, 0.2) is 6.29 Å². The highest BCUT2D eigenvalue weighted by Gasteiger charge is 2.09. The summed E-state index contributed by atoms with van der Waals surface area (Å²) in [6, 6.07) is 3.86. The van der Waals surface area contributed by atoms with Gasteiger partial charge in [0.1, 0.15) is 5.82 Å². The summed E-state index contributed by atoms with van der Waals surface area (Å²) >= 11 is 5.54. The van der Waals surface area contributed by atoms with E-state index in [2.05, 4.69) is 0 Å². The zero-order valence-corrected chi connectivity index (χ0v) is 8.75. The lowest BCUT2D eigenvalue weighted by Gasteiger charge is -2.12. The molecule has 0 heterocycles. The zero-order chi connectivity index (χ0) is 11.3. The van der Waals surface area contributed by atoms with Gasteiger partial charge in [0.25, 0.3) is 0 Å². The molecule has 0 bridgehead atoms. The average Bonchev–Trinajstić information content (AvgIpc) is 2.22. The van der Waals surface area contributed by atoms with Gasteiger partial charge in [0, 0.05) is 12.2 Å². The molecular formula is C10H12ClFO3. The molecule has 0 saturated heterocycles. The van der Waals surface area contributed by atoms with E-state index in [4.69, 9.17) is 21.4 Å². The van der Waals surface area contributed by atoms with E-state index in [-0.39, 0.29) is 18.2 Å². The number of halogens is 2. The van der Waals surface area contributed by atoms with Crippen molar-refractivity contribution in [1.29, 1.82) is 0 Å². The summed E-state index contributed by atoms with van der Waals surface area (Å²) in [5.41, 5.74) is 0.388. The lowest BCUT2D eigenvalue weighted by atomic mass is 10.2. The van der Waals surface area contributed by atoms with Gasteiger partial charge < -0.3 is 14.9 Å². The molecule has 2 N–H and O–H groups in total. The predicted octanol–water partition coefficient (Wildman–Crippen LogP) is 1.87. The Labute approximate surface area is 92.1 Å². The fourth-order valence-electron chi connectivity index (χ4n) is 1.02. The lowest BCUT2D eigenvalue weighted by Crippen LogP contribution is -2.05. The number of aliphatic hydroxyl groups is 2. The third-order valence-electron chi connectivity index (χ3n) is 1.81. The van der Waals surface area contributed by atoms with Crippen LogP contribution in [-0.4, -0.2) is 23.4 Å². The molecule has 0 amide bonds. The number of rotatable bonds is 5. The van der Waals surface area contributed by atoms with Crippen LogP contribution in [-0.2, 0) is 4.74 Å². The number of benzene rings is 1. The molecule has 5 heteroatoms. The number of aliphatic hydroxyl groups excluding tert-OH is 2. The van der Waals surface area contributed by atoms with Gasteiger partial charge in [-0.05, 0) is 18.6 Å². The van der Waals surface area contributed by atoms with Crippen LogP contribution in [0.3, 0.4) is 0 Å². The second-order valence-electron chi connectivity index (χ2n) is 2.97. The Kier molecular flexibility index (Phi) is 4.98. The fourth-order valence-corrected chi connectivity index (χ4v) is 1.21. The van der Waals surface area contributed by atoms with E-state index in [9.17, 15) is 9.50 Å². The summed E-state index contributed by atoms with van der Waals surface area (Å²) in [4.78, 5) is 0. The van der Waals surface area contributed by atoms with Gasteiger partial charge in [-0.25, -0.2) is 4.39 Å². The van der Waals surface area contributed by atoms with Crippen molar-refractivity contribution in [3.8, 4) is 0 Å². The molecule has 3 nitrogen and oxygen atoms in total. The van der Waals surface area contributed by atoms with Crippen LogP contribution < -0.4 is 0 Å². The van der Waals surface area contributed by atoms with Crippen LogP contribution in [0.2, 0.25) is 5.02 Å². The first-order valence-electron chi connectivity index (χ1n) is 4.50. The van der Waals surface area contributed by atoms with E-state index in [1.807, 2.05) is 0 Å². The number of hydrogen-bond acceptors (Lipinski definition) is 3. The van der Waals surface area contributed by atoms with Crippen LogP contribution in [0.15, 0.2) is 18.2 Å². The molecule has 1 aromatic carbocycles. The summed E-state index contributed by atoms with van der Waals surface area (Å²) in [5.74, 6) is -0.539. The molecule has 0 saturated carbocycles. The Morgan fingerprint density at radius 1 is 1.47 bits per heavy atom. The molecule has 1 rings (SSSR count). The number of ether oxygens (including phenoxy) is 1. The summed E-state index contributed by atoms with van der Waals surface area (Å²) in [5, 5.41) is 17.9. The van der Waals surface area contributed by atoms with E-state index in [0.717, 1.165) is 6.07 Å². The van der Waals surface area contributed by atoms with Crippen LogP contribution in [0.25, 0.3) is 0 Å². The Balaban J connectivity index is 2.57. The third-order valence-corrected chi connectivity index (χ3v) is 2.10. The van der Waals surface area contributed by atoms with Crippen molar-refractivity contribution in [3.63, 3.8) is 0 Å². The molecule has 1 atom stereocenters. The number of hydrogen-bond donors (Lipinski definition) is 2. The van der Waals surface area contributed by atoms with Crippen molar-refractivity contribution >= 4 is 11.6 Å². The van der Waals surface area contributed by atoms with Crippen LogP contribution >= 0.6 is 11.6 Å². The minimum Gasteiger partial charge on any atom is -0.396 e. The maximum atomic E-state index is 12.8. The van der Waals surface area contributed by atoms with Gasteiger partial charge in [0.2, 0.25) is 0 Å². The molecule has 0 fully saturated rings. The summed E-state index contributed by atoms with van der Waals surface area (Å²) in [7, 11) is 0. The first-order valence-corrected chi connectivity index (χ1v) is 4.88. The van der Waals surface area contributed by atoms with Crippen molar-refractivity contribution < 1.29 is 19.3 Å². The quantitative estimate of drug-likeness (QED) is 0.604. The molecule has 0 aliphatic heterocycles. The van der Waals surface area contributed by atoms with Gasteiger partial charge in [-0.2, -0.15) is 0 Å². The van der Waals surface area contributed by atoms with Crippen molar-refractivity contribution in [3.05, 3.63) is 34.6 Å². The molecule has 1 aromatic rings.